The summed E-state index contributed by atoms with van der Waals surface area (Å²) in [7, 11) is 0. The maximum Gasteiger partial charge on any atom is 0.0127 e. The van der Waals surface area contributed by atoms with E-state index >= 15 is 0 Å². The minimum absolute atomic E-state index is 0.463. The van der Waals surface area contributed by atoms with E-state index in [2.05, 4.69) is 18.7 Å². The van der Waals surface area contributed by atoms with E-state index < -0.39 is 0 Å². The summed E-state index contributed by atoms with van der Waals surface area (Å²) >= 11 is 0. The Kier molecular flexibility index (Phi) is 2.13. The fraction of sp³-hybridized carbons (Fsp3) is 1.00. The molecular weight excluding hydrogens is 148 g/mol. The van der Waals surface area contributed by atoms with Crippen molar-refractivity contribution in [3.63, 3.8) is 0 Å². The van der Waals surface area contributed by atoms with E-state index in [9.17, 15) is 0 Å². The fourth-order valence-corrected chi connectivity index (χ4v) is 2.48. The van der Waals surface area contributed by atoms with E-state index in [4.69, 9.17) is 5.73 Å². The monoisotopic (exact) mass is 168 g/mol. The standard InChI is InChI=1S/C10H20N2/c1-7-5-10(7)12-4-3-9(11)6-8(12)2/h7-10H,3-6,11H2,1-2H3. The molecule has 0 bridgehead atoms. The summed E-state index contributed by atoms with van der Waals surface area (Å²) in [6.45, 7) is 5.91. The highest BCUT2D eigenvalue weighted by Crippen LogP contribution is 2.38. The second-order valence-corrected chi connectivity index (χ2v) is 4.65. The molecule has 0 aromatic heterocycles. The molecular formula is C10H20N2. The lowest BCUT2D eigenvalue weighted by Gasteiger charge is -2.36. The van der Waals surface area contributed by atoms with Gasteiger partial charge >= 0.3 is 0 Å². The van der Waals surface area contributed by atoms with Crippen molar-refractivity contribution in [1.29, 1.82) is 0 Å². The molecule has 2 nitrogen and oxygen atoms in total. The van der Waals surface area contributed by atoms with E-state index in [0.717, 1.165) is 18.0 Å². The third-order valence-electron chi connectivity index (χ3n) is 3.46. The summed E-state index contributed by atoms with van der Waals surface area (Å²) in [6.07, 6.45) is 3.82. The summed E-state index contributed by atoms with van der Waals surface area (Å²) in [5.74, 6) is 0.946. The fourth-order valence-electron chi connectivity index (χ4n) is 2.48. The first-order valence-corrected chi connectivity index (χ1v) is 5.20. The quantitative estimate of drug-likeness (QED) is 0.637. The van der Waals surface area contributed by atoms with Crippen molar-refractivity contribution in [2.24, 2.45) is 11.7 Å². The van der Waals surface area contributed by atoms with Crippen LogP contribution in [-0.2, 0) is 0 Å². The van der Waals surface area contributed by atoms with Crippen molar-refractivity contribution in [1.82, 2.24) is 4.90 Å². The third kappa shape index (κ3) is 1.50. The minimum atomic E-state index is 0.463. The highest BCUT2D eigenvalue weighted by molar-refractivity contribution is 4.96. The van der Waals surface area contributed by atoms with Gasteiger partial charge in [0.1, 0.15) is 0 Å². The Morgan fingerprint density at radius 3 is 2.42 bits per heavy atom. The average molecular weight is 168 g/mol. The lowest BCUT2D eigenvalue weighted by Crippen LogP contribution is -2.46. The summed E-state index contributed by atoms with van der Waals surface area (Å²) in [5.41, 5.74) is 5.92. The van der Waals surface area contributed by atoms with Gasteiger partial charge in [0.15, 0.2) is 0 Å². The van der Waals surface area contributed by atoms with Gasteiger partial charge in [-0.05, 0) is 32.1 Å². The van der Waals surface area contributed by atoms with Crippen LogP contribution >= 0.6 is 0 Å². The summed E-state index contributed by atoms with van der Waals surface area (Å²) < 4.78 is 0. The lowest BCUT2D eigenvalue weighted by molar-refractivity contribution is 0.133. The first-order chi connectivity index (χ1) is 5.68. The molecule has 2 rings (SSSR count). The van der Waals surface area contributed by atoms with Crippen LogP contribution in [0.5, 0.6) is 0 Å². The molecule has 12 heavy (non-hydrogen) atoms. The Hall–Kier alpha value is -0.0800. The summed E-state index contributed by atoms with van der Waals surface area (Å²) in [6, 6.07) is 2.08. The molecule has 0 amide bonds. The Morgan fingerprint density at radius 2 is 1.92 bits per heavy atom. The lowest BCUT2D eigenvalue weighted by atomic mass is 9.99. The molecule has 1 saturated carbocycles. The van der Waals surface area contributed by atoms with E-state index in [1.165, 1.54) is 25.8 Å². The second-order valence-electron chi connectivity index (χ2n) is 4.65. The maximum atomic E-state index is 5.92. The zero-order valence-electron chi connectivity index (χ0n) is 8.16. The molecule has 2 aliphatic rings. The minimum Gasteiger partial charge on any atom is -0.328 e. The third-order valence-corrected chi connectivity index (χ3v) is 3.46. The molecule has 1 aliphatic heterocycles. The van der Waals surface area contributed by atoms with E-state index in [-0.39, 0.29) is 0 Å². The number of likely N-dealkylation sites (tertiary alicyclic amines) is 1. The Morgan fingerprint density at radius 1 is 1.25 bits per heavy atom. The molecule has 2 N–H and O–H groups in total. The summed E-state index contributed by atoms with van der Waals surface area (Å²) in [4.78, 5) is 2.66. The molecule has 0 radical (unpaired) electrons. The summed E-state index contributed by atoms with van der Waals surface area (Å²) in [5, 5.41) is 0. The van der Waals surface area contributed by atoms with Crippen molar-refractivity contribution in [2.75, 3.05) is 6.54 Å². The van der Waals surface area contributed by atoms with Gasteiger partial charge in [-0.25, -0.2) is 0 Å². The van der Waals surface area contributed by atoms with Gasteiger partial charge in [0.05, 0.1) is 0 Å². The zero-order chi connectivity index (χ0) is 8.72. The molecule has 0 aromatic carbocycles. The Labute approximate surface area is 75.1 Å². The second kappa shape index (κ2) is 3.00. The molecule has 1 aliphatic carbocycles. The number of nitrogens with two attached hydrogens (primary N) is 1. The number of nitrogens with zero attached hydrogens (tertiary/aromatic N) is 1. The van der Waals surface area contributed by atoms with Crippen LogP contribution in [-0.4, -0.2) is 29.6 Å². The number of hydrogen-bond donors (Lipinski definition) is 1. The largest absolute Gasteiger partial charge is 0.328 e. The van der Waals surface area contributed by atoms with Crippen LogP contribution in [0.15, 0.2) is 0 Å². The van der Waals surface area contributed by atoms with Gasteiger partial charge < -0.3 is 5.73 Å². The average Bonchev–Trinajstić information content (AvgIpc) is 2.66. The van der Waals surface area contributed by atoms with Gasteiger partial charge in [-0.1, -0.05) is 6.92 Å². The molecule has 70 valence electrons. The predicted molar refractivity (Wildman–Crippen MR) is 50.9 cm³/mol. The Bertz CT molecular complexity index is 169. The van der Waals surface area contributed by atoms with Gasteiger partial charge in [-0.3, -0.25) is 4.90 Å². The van der Waals surface area contributed by atoms with Gasteiger partial charge in [-0.15, -0.1) is 0 Å². The molecule has 0 aromatic rings. The zero-order valence-corrected chi connectivity index (χ0v) is 8.16. The van der Waals surface area contributed by atoms with Crippen molar-refractivity contribution in [2.45, 2.75) is 51.2 Å². The van der Waals surface area contributed by atoms with Gasteiger partial charge in [0.25, 0.3) is 0 Å². The van der Waals surface area contributed by atoms with Crippen LogP contribution < -0.4 is 5.73 Å². The van der Waals surface area contributed by atoms with E-state index in [1.54, 1.807) is 0 Å². The van der Waals surface area contributed by atoms with E-state index in [0.29, 0.717) is 6.04 Å². The van der Waals surface area contributed by atoms with Crippen LogP contribution in [0.4, 0.5) is 0 Å². The van der Waals surface area contributed by atoms with Gasteiger partial charge in [0.2, 0.25) is 0 Å². The van der Waals surface area contributed by atoms with Crippen LogP contribution in [0.3, 0.4) is 0 Å². The normalized spacial score (nSPS) is 49.2. The highest BCUT2D eigenvalue weighted by Gasteiger charge is 2.41. The van der Waals surface area contributed by atoms with Crippen molar-refractivity contribution in [3.8, 4) is 0 Å². The SMILES string of the molecule is CC1CC1N1CCC(N)CC1C. The number of hydrogen-bond acceptors (Lipinski definition) is 2. The Balaban J connectivity index is 1.90. The van der Waals surface area contributed by atoms with Crippen molar-refractivity contribution in [3.05, 3.63) is 0 Å². The first kappa shape index (κ1) is 8.52. The number of piperidine rings is 1. The molecule has 0 spiro atoms. The molecule has 2 fully saturated rings. The van der Waals surface area contributed by atoms with Crippen LogP contribution in [0.2, 0.25) is 0 Å². The molecule has 1 heterocycles. The van der Waals surface area contributed by atoms with Gasteiger partial charge in [-0.2, -0.15) is 0 Å². The van der Waals surface area contributed by atoms with Crippen molar-refractivity contribution < 1.29 is 0 Å². The highest BCUT2D eigenvalue weighted by atomic mass is 15.2. The topological polar surface area (TPSA) is 29.3 Å². The number of rotatable bonds is 1. The smallest absolute Gasteiger partial charge is 0.0127 e. The van der Waals surface area contributed by atoms with Crippen LogP contribution in [0, 0.1) is 5.92 Å². The molecule has 1 saturated heterocycles. The molecule has 2 heteroatoms. The predicted octanol–water partition coefficient (Wildman–Crippen LogP) is 1.21. The van der Waals surface area contributed by atoms with E-state index in [1.807, 2.05) is 0 Å². The molecule has 4 atom stereocenters. The van der Waals surface area contributed by atoms with Crippen LogP contribution in [0.25, 0.3) is 0 Å². The van der Waals surface area contributed by atoms with Crippen molar-refractivity contribution >= 4 is 0 Å². The van der Waals surface area contributed by atoms with Crippen LogP contribution in [0.1, 0.15) is 33.1 Å². The first-order valence-electron chi connectivity index (χ1n) is 5.20. The maximum absolute atomic E-state index is 5.92. The molecule has 4 unspecified atom stereocenters. The van der Waals surface area contributed by atoms with Gasteiger partial charge in [0, 0.05) is 24.7 Å².